The summed E-state index contributed by atoms with van der Waals surface area (Å²) < 4.78 is 0. The highest BCUT2D eigenvalue weighted by molar-refractivity contribution is 7.11. The number of nitrogens with zero attached hydrogens (tertiary/aromatic N) is 4. The quantitative estimate of drug-likeness (QED) is 0.500. The first-order valence-corrected chi connectivity index (χ1v) is 11.9. The Morgan fingerprint density at radius 3 is 2.37 bits per heavy atom. The molecule has 1 fully saturated rings. The summed E-state index contributed by atoms with van der Waals surface area (Å²) >= 11 is 1.75. The van der Waals surface area contributed by atoms with Crippen LogP contribution in [0.25, 0.3) is 0 Å². The molecule has 30 heavy (non-hydrogen) atoms. The molecular weight excluding hydrogens is 392 g/mol. The van der Waals surface area contributed by atoms with Crippen molar-refractivity contribution in [1.29, 1.82) is 0 Å². The van der Waals surface area contributed by atoms with E-state index in [1.54, 1.807) is 11.3 Å². The molecule has 1 aromatic carbocycles. The fraction of sp³-hybridized carbons (Fsp3) is 0.565. The zero-order valence-corrected chi connectivity index (χ0v) is 19.7. The van der Waals surface area contributed by atoms with Gasteiger partial charge in [-0.2, -0.15) is 0 Å². The minimum atomic E-state index is 0.677. The molecule has 0 radical (unpaired) electrons. The van der Waals surface area contributed by atoms with Crippen molar-refractivity contribution >= 4 is 17.3 Å². The van der Waals surface area contributed by atoms with E-state index >= 15 is 0 Å². The van der Waals surface area contributed by atoms with Crippen LogP contribution in [0.5, 0.6) is 0 Å². The highest BCUT2D eigenvalue weighted by atomic mass is 32.1. The average Bonchev–Trinajstić information content (AvgIpc) is 3.09. The van der Waals surface area contributed by atoms with Gasteiger partial charge in [-0.1, -0.05) is 31.2 Å². The van der Waals surface area contributed by atoms with Gasteiger partial charge in [0.15, 0.2) is 5.96 Å². The Balaban J connectivity index is 1.61. The first-order valence-electron chi connectivity index (χ1n) is 11.1. The molecule has 0 aliphatic carbocycles. The largest absolute Gasteiger partial charge is 0.357 e. The summed E-state index contributed by atoms with van der Waals surface area (Å²) in [4.78, 5) is 15.8. The van der Waals surface area contributed by atoms with E-state index in [4.69, 9.17) is 4.99 Å². The third-order valence-electron chi connectivity index (χ3n) is 5.66. The summed E-state index contributed by atoms with van der Waals surface area (Å²) in [6.07, 6.45) is 0. The van der Waals surface area contributed by atoms with Gasteiger partial charge in [0, 0.05) is 44.1 Å². The number of nitrogens with one attached hydrogen (secondary N) is 2. The standard InChI is InChI=1S/C23H36N6S/c1-5-24-23(26-16-22-27-18(3)19(4)30-22)25-15-20-9-7-8-10-21(20)17-29-13-11-28(6-2)12-14-29/h7-10H,5-6,11-17H2,1-4H3,(H2,24,25,26). The normalized spacial score (nSPS) is 16.1. The van der Waals surface area contributed by atoms with E-state index in [0.717, 1.165) is 49.4 Å². The van der Waals surface area contributed by atoms with Crippen molar-refractivity contribution in [2.45, 2.75) is 47.3 Å². The van der Waals surface area contributed by atoms with Crippen molar-refractivity contribution in [3.63, 3.8) is 0 Å². The molecule has 7 heteroatoms. The van der Waals surface area contributed by atoms with Crippen LogP contribution in [0.15, 0.2) is 29.3 Å². The molecule has 0 saturated carbocycles. The molecule has 6 nitrogen and oxygen atoms in total. The Kier molecular flexibility index (Phi) is 8.66. The van der Waals surface area contributed by atoms with Gasteiger partial charge in [-0.25, -0.2) is 9.98 Å². The van der Waals surface area contributed by atoms with Gasteiger partial charge in [0.05, 0.1) is 18.8 Å². The highest BCUT2D eigenvalue weighted by Gasteiger charge is 2.16. The molecule has 3 rings (SSSR count). The lowest BCUT2D eigenvalue weighted by molar-refractivity contribution is 0.131. The molecule has 1 aliphatic heterocycles. The summed E-state index contributed by atoms with van der Waals surface area (Å²) in [5.74, 6) is 0.842. The second kappa shape index (κ2) is 11.4. The van der Waals surface area contributed by atoms with Gasteiger partial charge in [-0.15, -0.1) is 11.3 Å². The van der Waals surface area contributed by atoms with Gasteiger partial charge >= 0.3 is 0 Å². The minimum Gasteiger partial charge on any atom is -0.357 e. The Bertz CT molecular complexity index is 803. The molecule has 1 aliphatic rings. The molecule has 1 saturated heterocycles. The second-order valence-corrected chi connectivity index (χ2v) is 9.06. The van der Waals surface area contributed by atoms with E-state index < -0.39 is 0 Å². The molecule has 2 N–H and O–H groups in total. The van der Waals surface area contributed by atoms with E-state index in [2.05, 4.69) is 77.4 Å². The number of aliphatic imine (C=N–C) groups is 1. The summed E-state index contributed by atoms with van der Waals surface area (Å²) in [5, 5.41) is 7.89. The molecule has 0 unspecified atom stereocenters. The van der Waals surface area contributed by atoms with Gasteiger partial charge in [0.2, 0.25) is 0 Å². The van der Waals surface area contributed by atoms with Crippen LogP contribution in [-0.2, 0) is 19.6 Å². The third kappa shape index (κ3) is 6.52. The first kappa shape index (κ1) is 22.7. The number of hydrogen-bond acceptors (Lipinski definition) is 5. The van der Waals surface area contributed by atoms with Crippen LogP contribution in [0.4, 0.5) is 0 Å². The fourth-order valence-electron chi connectivity index (χ4n) is 3.65. The third-order valence-corrected chi connectivity index (χ3v) is 6.73. The van der Waals surface area contributed by atoms with E-state index in [0.29, 0.717) is 13.1 Å². The molecule has 1 aromatic heterocycles. The Hall–Kier alpha value is -1.96. The number of benzene rings is 1. The smallest absolute Gasteiger partial charge is 0.191 e. The van der Waals surface area contributed by atoms with Gasteiger partial charge < -0.3 is 15.5 Å². The maximum atomic E-state index is 4.85. The van der Waals surface area contributed by atoms with Crippen molar-refractivity contribution in [2.24, 2.45) is 4.99 Å². The molecular formula is C23H36N6S. The van der Waals surface area contributed by atoms with E-state index in [1.165, 1.54) is 29.1 Å². The van der Waals surface area contributed by atoms with Crippen molar-refractivity contribution in [2.75, 3.05) is 39.3 Å². The van der Waals surface area contributed by atoms with Gasteiger partial charge in [0.1, 0.15) is 5.01 Å². The molecule has 0 bridgehead atoms. The lowest BCUT2D eigenvalue weighted by Crippen LogP contribution is -2.45. The van der Waals surface area contributed by atoms with Crippen LogP contribution in [0, 0.1) is 13.8 Å². The highest BCUT2D eigenvalue weighted by Crippen LogP contribution is 2.16. The number of piperazine rings is 1. The van der Waals surface area contributed by atoms with Crippen LogP contribution in [0.1, 0.15) is 40.6 Å². The SMILES string of the molecule is CCNC(=NCc1ccccc1CN1CCN(CC)CC1)NCc1nc(C)c(C)s1. The molecule has 2 aromatic rings. The van der Waals surface area contributed by atoms with Crippen molar-refractivity contribution < 1.29 is 0 Å². The summed E-state index contributed by atoms with van der Waals surface area (Å²) in [5.41, 5.74) is 3.80. The van der Waals surface area contributed by atoms with E-state index in [1.807, 2.05) is 0 Å². The number of guanidine groups is 1. The van der Waals surface area contributed by atoms with Crippen LogP contribution in [0.3, 0.4) is 0 Å². The van der Waals surface area contributed by atoms with Crippen molar-refractivity contribution in [1.82, 2.24) is 25.4 Å². The Morgan fingerprint density at radius 1 is 1.03 bits per heavy atom. The molecule has 164 valence electrons. The van der Waals surface area contributed by atoms with Crippen LogP contribution < -0.4 is 10.6 Å². The maximum absolute atomic E-state index is 4.85. The predicted molar refractivity (Wildman–Crippen MR) is 127 cm³/mol. The zero-order valence-electron chi connectivity index (χ0n) is 18.9. The van der Waals surface area contributed by atoms with Crippen molar-refractivity contribution in [3.05, 3.63) is 51.0 Å². The number of rotatable bonds is 8. The molecule has 0 spiro atoms. The Labute approximate surface area is 185 Å². The average molecular weight is 429 g/mol. The summed E-state index contributed by atoms with van der Waals surface area (Å²) in [6.45, 7) is 17.5. The van der Waals surface area contributed by atoms with Gasteiger partial charge in [-0.3, -0.25) is 4.90 Å². The predicted octanol–water partition coefficient (Wildman–Crippen LogP) is 3.15. The minimum absolute atomic E-state index is 0.677. The number of thiazole rings is 1. The number of aromatic nitrogens is 1. The molecule has 0 amide bonds. The zero-order chi connectivity index (χ0) is 21.3. The van der Waals surface area contributed by atoms with E-state index in [-0.39, 0.29) is 0 Å². The topological polar surface area (TPSA) is 55.8 Å². The summed E-state index contributed by atoms with van der Waals surface area (Å²) in [7, 11) is 0. The molecule has 0 atom stereocenters. The Morgan fingerprint density at radius 2 is 1.73 bits per heavy atom. The number of hydrogen-bond donors (Lipinski definition) is 2. The van der Waals surface area contributed by atoms with E-state index in [9.17, 15) is 0 Å². The monoisotopic (exact) mass is 428 g/mol. The fourth-order valence-corrected chi connectivity index (χ4v) is 4.52. The van der Waals surface area contributed by atoms with Crippen LogP contribution in [-0.4, -0.2) is 60.0 Å². The first-order chi connectivity index (χ1) is 14.6. The number of aryl methyl sites for hydroxylation is 2. The van der Waals surface area contributed by atoms with Gasteiger partial charge in [-0.05, 0) is 38.4 Å². The molecule has 2 heterocycles. The maximum Gasteiger partial charge on any atom is 0.191 e. The lowest BCUT2D eigenvalue weighted by Gasteiger charge is -2.34. The second-order valence-electron chi connectivity index (χ2n) is 7.78. The van der Waals surface area contributed by atoms with Crippen LogP contribution in [0.2, 0.25) is 0 Å². The number of likely N-dealkylation sites (N-methyl/N-ethyl adjacent to an activating group) is 1. The summed E-state index contributed by atoms with van der Waals surface area (Å²) in [6, 6.07) is 8.71. The lowest BCUT2D eigenvalue weighted by atomic mass is 10.1. The van der Waals surface area contributed by atoms with Gasteiger partial charge in [0.25, 0.3) is 0 Å². The van der Waals surface area contributed by atoms with Crippen molar-refractivity contribution in [3.8, 4) is 0 Å². The van der Waals surface area contributed by atoms with Crippen LogP contribution >= 0.6 is 11.3 Å².